The predicted octanol–water partition coefficient (Wildman–Crippen LogP) is 1.32. The third-order valence-corrected chi connectivity index (χ3v) is 3.36. The van der Waals surface area contributed by atoms with Crippen LogP contribution in [0.15, 0.2) is 22.3 Å². The normalized spacial score (nSPS) is 14.6. The van der Waals surface area contributed by atoms with Crippen molar-refractivity contribution in [2.75, 3.05) is 5.75 Å². The number of pyridine rings is 1. The minimum Gasteiger partial charge on any atom is -0.611 e. The number of nitrogens with two attached hydrogens (primary N) is 1. The third-order valence-electron chi connectivity index (χ3n) is 2.04. The van der Waals surface area contributed by atoms with Gasteiger partial charge in [0, 0.05) is 12.3 Å². The van der Waals surface area contributed by atoms with E-state index in [-0.39, 0.29) is 16.3 Å². The zero-order chi connectivity index (χ0) is 13.9. The second-order valence-corrected chi connectivity index (χ2v) is 4.90. The first-order valence-corrected chi connectivity index (χ1v) is 6.06. The van der Waals surface area contributed by atoms with Crippen LogP contribution in [-0.2, 0) is 17.4 Å². The summed E-state index contributed by atoms with van der Waals surface area (Å²) in [6.45, 7) is 1.53. The highest BCUT2D eigenvalue weighted by Gasteiger charge is 2.34. The zero-order valence-corrected chi connectivity index (χ0v) is 10.0. The Morgan fingerprint density at radius 2 is 2.22 bits per heavy atom. The first-order valence-electron chi connectivity index (χ1n) is 4.74. The van der Waals surface area contributed by atoms with Gasteiger partial charge < -0.3 is 15.5 Å². The molecule has 0 amide bonds. The molecule has 100 valence electrons. The van der Waals surface area contributed by atoms with Gasteiger partial charge in [-0.1, -0.05) is 5.16 Å². The first kappa shape index (κ1) is 14.6. The van der Waals surface area contributed by atoms with Gasteiger partial charge in [-0.15, -0.1) is 0 Å². The van der Waals surface area contributed by atoms with Crippen molar-refractivity contribution in [1.82, 2.24) is 4.98 Å². The number of aromatic nitrogens is 1. The van der Waals surface area contributed by atoms with E-state index in [2.05, 4.69) is 10.1 Å². The fraction of sp³-hybridized carbons (Fsp3) is 0.333. The van der Waals surface area contributed by atoms with Gasteiger partial charge in [-0.05, 0) is 18.1 Å². The van der Waals surface area contributed by atoms with Crippen LogP contribution in [0.4, 0.5) is 13.2 Å². The molecule has 0 aliphatic heterocycles. The highest BCUT2D eigenvalue weighted by molar-refractivity contribution is 7.91. The standard InChI is InChI=1S/C9H10F3N3O2S/c1-2-18(17)6-3-5(9(10,11)12)4-14-7(6)8(13)15-16/h3-4,16H,2H2,1H3,(H2,13,15)/t18-/m1/s1. The quantitative estimate of drug-likeness (QED) is 0.287. The van der Waals surface area contributed by atoms with Crippen molar-refractivity contribution >= 4 is 17.0 Å². The van der Waals surface area contributed by atoms with Crippen molar-refractivity contribution in [3.05, 3.63) is 23.5 Å². The van der Waals surface area contributed by atoms with Gasteiger partial charge in [0.1, 0.15) is 5.75 Å². The minimum absolute atomic E-state index is 0.0920. The molecule has 0 bridgehead atoms. The van der Waals surface area contributed by atoms with Crippen LogP contribution in [0.1, 0.15) is 18.2 Å². The van der Waals surface area contributed by atoms with E-state index < -0.39 is 28.8 Å². The molecule has 0 aliphatic rings. The van der Waals surface area contributed by atoms with Crippen molar-refractivity contribution in [2.45, 2.75) is 18.0 Å². The lowest BCUT2D eigenvalue weighted by molar-refractivity contribution is -0.138. The molecule has 1 heterocycles. The van der Waals surface area contributed by atoms with Crippen molar-refractivity contribution in [1.29, 1.82) is 0 Å². The number of alkyl halides is 3. The van der Waals surface area contributed by atoms with Gasteiger partial charge in [-0.25, -0.2) is 4.98 Å². The lowest BCUT2D eigenvalue weighted by Gasteiger charge is -2.13. The second kappa shape index (κ2) is 5.44. The first-order chi connectivity index (χ1) is 8.31. The molecular formula is C9H10F3N3O2S. The number of amidine groups is 1. The molecule has 5 nitrogen and oxygen atoms in total. The fourth-order valence-electron chi connectivity index (χ4n) is 1.17. The summed E-state index contributed by atoms with van der Waals surface area (Å²) in [7, 11) is 0. The molecule has 0 aromatic carbocycles. The highest BCUT2D eigenvalue weighted by Crippen LogP contribution is 2.31. The van der Waals surface area contributed by atoms with Crippen LogP contribution in [0.3, 0.4) is 0 Å². The Morgan fingerprint density at radius 3 is 2.67 bits per heavy atom. The van der Waals surface area contributed by atoms with Crippen LogP contribution in [-0.4, -0.2) is 26.3 Å². The Kier molecular flexibility index (Phi) is 4.41. The molecule has 9 heteroatoms. The summed E-state index contributed by atoms with van der Waals surface area (Å²) in [6, 6.07) is 0.694. The summed E-state index contributed by atoms with van der Waals surface area (Å²) in [5.41, 5.74) is 4.02. The zero-order valence-electron chi connectivity index (χ0n) is 9.23. The summed E-state index contributed by atoms with van der Waals surface area (Å²) in [5, 5.41) is 11.1. The molecular weight excluding hydrogens is 271 g/mol. The maximum Gasteiger partial charge on any atom is 0.418 e. The number of hydrogen-bond acceptors (Lipinski definition) is 4. The average Bonchev–Trinajstić information content (AvgIpc) is 2.35. The number of oxime groups is 1. The molecule has 0 fully saturated rings. The molecule has 3 N–H and O–H groups in total. The SMILES string of the molecule is CC[S@@+]([O-])c1cc(C(F)(F)F)cnc1C(N)=NO. The van der Waals surface area contributed by atoms with E-state index in [0.717, 1.165) is 0 Å². The maximum atomic E-state index is 12.5. The molecule has 0 radical (unpaired) electrons. The van der Waals surface area contributed by atoms with Gasteiger partial charge in [-0.3, -0.25) is 0 Å². The number of hydrogen-bond donors (Lipinski definition) is 2. The number of nitrogens with zero attached hydrogens (tertiary/aromatic N) is 2. The van der Waals surface area contributed by atoms with Crippen LogP contribution >= 0.6 is 0 Å². The molecule has 1 atom stereocenters. The van der Waals surface area contributed by atoms with Crippen LogP contribution in [0, 0.1) is 0 Å². The Balaban J connectivity index is 3.39. The smallest absolute Gasteiger partial charge is 0.418 e. The van der Waals surface area contributed by atoms with E-state index in [1.54, 1.807) is 0 Å². The van der Waals surface area contributed by atoms with Crippen molar-refractivity contribution < 1.29 is 22.9 Å². The summed E-state index contributed by atoms with van der Waals surface area (Å²) >= 11 is -1.70. The van der Waals surface area contributed by atoms with Gasteiger partial charge in [0.15, 0.2) is 16.4 Å². The fourth-order valence-corrected chi connectivity index (χ4v) is 2.11. The molecule has 18 heavy (non-hydrogen) atoms. The average molecular weight is 281 g/mol. The maximum absolute atomic E-state index is 12.5. The van der Waals surface area contributed by atoms with Crippen molar-refractivity contribution in [3.8, 4) is 0 Å². The highest BCUT2D eigenvalue weighted by atomic mass is 32.2. The molecule has 0 saturated carbocycles. The predicted molar refractivity (Wildman–Crippen MR) is 58.7 cm³/mol. The number of rotatable bonds is 3. The van der Waals surface area contributed by atoms with E-state index in [4.69, 9.17) is 10.9 Å². The van der Waals surface area contributed by atoms with Gasteiger partial charge in [0.25, 0.3) is 0 Å². The molecule has 0 saturated heterocycles. The Bertz CT molecular complexity index is 465. The van der Waals surface area contributed by atoms with Gasteiger partial charge in [0.2, 0.25) is 0 Å². The molecule has 1 aromatic heterocycles. The van der Waals surface area contributed by atoms with Crippen molar-refractivity contribution in [2.24, 2.45) is 10.9 Å². The van der Waals surface area contributed by atoms with Gasteiger partial charge in [0.05, 0.1) is 5.56 Å². The van der Waals surface area contributed by atoms with E-state index >= 15 is 0 Å². The summed E-state index contributed by atoms with van der Waals surface area (Å²) in [6.07, 6.45) is -4.05. The molecule has 1 rings (SSSR count). The summed E-state index contributed by atoms with van der Waals surface area (Å²) < 4.78 is 49.1. The third kappa shape index (κ3) is 3.05. The lowest BCUT2D eigenvalue weighted by atomic mass is 10.2. The van der Waals surface area contributed by atoms with Crippen molar-refractivity contribution in [3.63, 3.8) is 0 Å². The molecule has 0 aliphatic carbocycles. The van der Waals surface area contributed by atoms with E-state index in [1.165, 1.54) is 6.92 Å². The van der Waals surface area contributed by atoms with Crippen LogP contribution < -0.4 is 5.73 Å². The van der Waals surface area contributed by atoms with Crippen LogP contribution in [0.2, 0.25) is 0 Å². The molecule has 1 aromatic rings. The minimum atomic E-state index is -4.59. The molecule has 0 unspecified atom stereocenters. The van der Waals surface area contributed by atoms with Crippen LogP contribution in [0.5, 0.6) is 0 Å². The van der Waals surface area contributed by atoms with Gasteiger partial charge >= 0.3 is 6.18 Å². The topological polar surface area (TPSA) is 94.6 Å². The van der Waals surface area contributed by atoms with E-state index in [1.807, 2.05) is 0 Å². The van der Waals surface area contributed by atoms with Crippen LogP contribution in [0.25, 0.3) is 0 Å². The summed E-state index contributed by atoms with van der Waals surface area (Å²) in [4.78, 5) is 3.25. The van der Waals surface area contributed by atoms with E-state index in [9.17, 15) is 17.7 Å². The lowest BCUT2D eigenvalue weighted by Crippen LogP contribution is -2.21. The molecule has 0 spiro atoms. The Hall–Kier alpha value is -1.48. The summed E-state index contributed by atoms with van der Waals surface area (Å²) in [5.74, 6) is -0.394. The Labute approximate surface area is 104 Å². The largest absolute Gasteiger partial charge is 0.611 e. The monoisotopic (exact) mass is 281 g/mol. The number of halogens is 3. The van der Waals surface area contributed by atoms with E-state index in [0.29, 0.717) is 12.3 Å². The second-order valence-electron chi connectivity index (χ2n) is 3.19. The Morgan fingerprint density at radius 1 is 1.61 bits per heavy atom. The van der Waals surface area contributed by atoms with Gasteiger partial charge in [-0.2, -0.15) is 13.2 Å².